The Labute approximate surface area is 130 Å². The van der Waals surface area contributed by atoms with Crippen molar-refractivity contribution in [2.24, 2.45) is 5.41 Å². The van der Waals surface area contributed by atoms with Crippen molar-refractivity contribution in [1.29, 1.82) is 0 Å². The van der Waals surface area contributed by atoms with Crippen molar-refractivity contribution in [3.05, 3.63) is 65.7 Å². The zero-order chi connectivity index (χ0) is 16.2. The second-order valence-electron chi connectivity index (χ2n) is 5.78. The number of rotatable bonds is 6. The fourth-order valence-electron chi connectivity index (χ4n) is 2.05. The van der Waals surface area contributed by atoms with Gasteiger partial charge < -0.3 is 14.9 Å². The molecule has 0 spiro atoms. The molecule has 0 saturated carbocycles. The first-order valence-corrected chi connectivity index (χ1v) is 7.09. The van der Waals surface area contributed by atoms with E-state index in [0.29, 0.717) is 17.9 Å². The van der Waals surface area contributed by atoms with Crippen LogP contribution >= 0.6 is 0 Å². The number of aliphatic hydroxyl groups excluding tert-OH is 1. The SMILES string of the molecule is CC(C)(C(=O)O)C(O)c1cccc(OCc2ccccc2)c1. The Morgan fingerprint density at radius 3 is 2.45 bits per heavy atom. The zero-order valence-corrected chi connectivity index (χ0v) is 12.7. The van der Waals surface area contributed by atoms with Gasteiger partial charge in [-0.15, -0.1) is 0 Å². The fourth-order valence-corrected chi connectivity index (χ4v) is 2.05. The van der Waals surface area contributed by atoms with Crippen LogP contribution in [-0.4, -0.2) is 16.2 Å². The molecule has 0 aromatic heterocycles. The van der Waals surface area contributed by atoms with E-state index in [0.717, 1.165) is 5.56 Å². The summed E-state index contributed by atoms with van der Waals surface area (Å²) in [7, 11) is 0. The summed E-state index contributed by atoms with van der Waals surface area (Å²) >= 11 is 0. The molecule has 2 aromatic carbocycles. The maximum atomic E-state index is 11.2. The Morgan fingerprint density at radius 2 is 1.82 bits per heavy atom. The molecule has 0 heterocycles. The third-order valence-corrected chi connectivity index (χ3v) is 3.66. The molecule has 116 valence electrons. The van der Waals surface area contributed by atoms with Gasteiger partial charge in [-0.2, -0.15) is 0 Å². The highest BCUT2D eigenvalue weighted by molar-refractivity contribution is 5.74. The minimum absolute atomic E-state index is 0.419. The van der Waals surface area contributed by atoms with Crippen molar-refractivity contribution >= 4 is 5.97 Å². The fraction of sp³-hybridized carbons (Fsp3) is 0.278. The van der Waals surface area contributed by atoms with E-state index in [4.69, 9.17) is 4.74 Å². The summed E-state index contributed by atoms with van der Waals surface area (Å²) in [6.07, 6.45) is -1.11. The number of hydrogen-bond acceptors (Lipinski definition) is 3. The Bertz CT molecular complexity index is 635. The summed E-state index contributed by atoms with van der Waals surface area (Å²) < 4.78 is 5.70. The molecule has 0 aliphatic heterocycles. The van der Waals surface area contributed by atoms with Crippen LogP contribution in [0.5, 0.6) is 5.75 Å². The highest BCUT2D eigenvalue weighted by Crippen LogP contribution is 2.34. The van der Waals surface area contributed by atoms with Crippen LogP contribution in [0.2, 0.25) is 0 Å². The van der Waals surface area contributed by atoms with Gasteiger partial charge in [0.05, 0.1) is 11.5 Å². The second-order valence-corrected chi connectivity index (χ2v) is 5.78. The number of carboxylic acid groups (broad SMARTS) is 1. The molecule has 0 fully saturated rings. The van der Waals surface area contributed by atoms with Crippen LogP contribution in [0, 0.1) is 5.41 Å². The Morgan fingerprint density at radius 1 is 1.14 bits per heavy atom. The quantitative estimate of drug-likeness (QED) is 0.858. The van der Waals surface area contributed by atoms with Gasteiger partial charge in [0.2, 0.25) is 0 Å². The number of ether oxygens (including phenoxy) is 1. The molecule has 0 aliphatic rings. The average molecular weight is 300 g/mol. The third-order valence-electron chi connectivity index (χ3n) is 3.66. The van der Waals surface area contributed by atoms with Gasteiger partial charge in [0.1, 0.15) is 12.4 Å². The first kappa shape index (κ1) is 16.0. The van der Waals surface area contributed by atoms with Crippen LogP contribution in [0.1, 0.15) is 31.1 Å². The molecule has 1 unspecified atom stereocenters. The summed E-state index contributed by atoms with van der Waals surface area (Å²) in [5, 5.41) is 19.5. The molecular weight excluding hydrogens is 280 g/mol. The van der Waals surface area contributed by atoms with Crippen LogP contribution in [0.4, 0.5) is 0 Å². The molecular formula is C18H20O4. The van der Waals surface area contributed by atoms with Crippen molar-refractivity contribution in [3.63, 3.8) is 0 Å². The number of hydrogen-bond donors (Lipinski definition) is 2. The van der Waals surface area contributed by atoms with Gasteiger partial charge in [0, 0.05) is 0 Å². The van der Waals surface area contributed by atoms with Gasteiger partial charge in [-0.05, 0) is 37.1 Å². The van der Waals surface area contributed by atoms with Crippen LogP contribution in [0.15, 0.2) is 54.6 Å². The predicted molar refractivity (Wildman–Crippen MR) is 83.6 cm³/mol. The van der Waals surface area contributed by atoms with E-state index in [2.05, 4.69) is 0 Å². The van der Waals surface area contributed by atoms with E-state index in [9.17, 15) is 15.0 Å². The summed E-state index contributed by atoms with van der Waals surface area (Å²) in [6.45, 7) is 3.41. The topological polar surface area (TPSA) is 66.8 Å². The van der Waals surface area contributed by atoms with E-state index in [1.165, 1.54) is 13.8 Å². The van der Waals surface area contributed by atoms with E-state index in [1.54, 1.807) is 24.3 Å². The lowest BCUT2D eigenvalue weighted by Gasteiger charge is -2.26. The van der Waals surface area contributed by atoms with Gasteiger partial charge in [0.25, 0.3) is 0 Å². The molecule has 2 N–H and O–H groups in total. The van der Waals surface area contributed by atoms with Crippen LogP contribution in [0.3, 0.4) is 0 Å². The summed E-state index contributed by atoms with van der Waals surface area (Å²) in [5.74, 6) is -0.447. The van der Waals surface area contributed by atoms with E-state index in [1.807, 2.05) is 30.3 Å². The minimum atomic E-state index is -1.27. The van der Waals surface area contributed by atoms with E-state index < -0.39 is 17.5 Å². The molecule has 0 amide bonds. The van der Waals surface area contributed by atoms with Crippen molar-refractivity contribution in [2.45, 2.75) is 26.6 Å². The van der Waals surface area contributed by atoms with E-state index >= 15 is 0 Å². The monoisotopic (exact) mass is 300 g/mol. The highest BCUT2D eigenvalue weighted by Gasteiger charge is 2.36. The van der Waals surface area contributed by atoms with Gasteiger partial charge in [-0.1, -0.05) is 42.5 Å². The highest BCUT2D eigenvalue weighted by atomic mass is 16.5. The standard InChI is InChI=1S/C18H20O4/c1-18(2,17(20)21)16(19)14-9-6-10-15(11-14)22-12-13-7-4-3-5-8-13/h3-11,16,19H,12H2,1-2H3,(H,20,21). The van der Waals surface area contributed by atoms with Crippen LogP contribution in [0.25, 0.3) is 0 Å². The maximum Gasteiger partial charge on any atom is 0.312 e. The normalized spacial score (nSPS) is 12.7. The predicted octanol–water partition coefficient (Wildman–Crippen LogP) is 3.41. The number of carboxylic acids is 1. The van der Waals surface area contributed by atoms with Crippen molar-refractivity contribution in [3.8, 4) is 5.75 Å². The molecule has 4 heteroatoms. The second kappa shape index (κ2) is 6.62. The van der Waals surface area contributed by atoms with Crippen molar-refractivity contribution < 1.29 is 19.7 Å². The number of carbonyl (C=O) groups is 1. The first-order valence-electron chi connectivity index (χ1n) is 7.09. The lowest BCUT2D eigenvalue weighted by Crippen LogP contribution is -2.31. The van der Waals surface area contributed by atoms with Gasteiger partial charge in [-0.3, -0.25) is 4.79 Å². The molecule has 2 rings (SSSR count). The molecule has 0 aliphatic carbocycles. The first-order chi connectivity index (χ1) is 10.4. The Balaban J connectivity index is 2.11. The molecule has 22 heavy (non-hydrogen) atoms. The smallest absolute Gasteiger partial charge is 0.312 e. The van der Waals surface area contributed by atoms with Gasteiger partial charge in [0.15, 0.2) is 0 Å². The summed E-state index contributed by atoms with van der Waals surface area (Å²) in [6, 6.07) is 16.7. The zero-order valence-electron chi connectivity index (χ0n) is 12.7. The lowest BCUT2D eigenvalue weighted by atomic mass is 9.83. The van der Waals surface area contributed by atoms with Gasteiger partial charge in [-0.25, -0.2) is 0 Å². The van der Waals surface area contributed by atoms with Gasteiger partial charge >= 0.3 is 5.97 Å². The molecule has 0 radical (unpaired) electrons. The van der Waals surface area contributed by atoms with E-state index in [-0.39, 0.29) is 0 Å². The number of aliphatic hydroxyl groups is 1. The molecule has 1 atom stereocenters. The Kier molecular flexibility index (Phi) is 4.83. The summed E-state index contributed by atoms with van der Waals surface area (Å²) in [4.78, 5) is 11.2. The average Bonchev–Trinajstić information content (AvgIpc) is 2.53. The Hall–Kier alpha value is -2.33. The van der Waals surface area contributed by atoms with Crippen molar-refractivity contribution in [2.75, 3.05) is 0 Å². The maximum absolute atomic E-state index is 11.2. The molecule has 2 aromatic rings. The molecule has 0 bridgehead atoms. The largest absolute Gasteiger partial charge is 0.489 e. The van der Waals surface area contributed by atoms with Crippen LogP contribution < -0.4 is 4.74 Å². The molecule has 4 nitrogen and oxygen atoms in total. The third kappa shape index (κ3) is 3.65. The number of aliphatic carboxylic acids is 1. The molecule has 0 saturated heterocycles. The summed E-state index contributed by atoms with van der Waals surface area (Å²) in [5.41, 5.74) is 0.301. The van der Waals surface area contributed by atoms with Crippen molar-refractivity contribution in [1.82, 2.24) is 0 Å². The lowest BCUT2D eigenvalue weighted by molar-refractivity contribution is -0.153. The number of benzene rings is 2. The van der Waals surface area contributed by atoms with Crippen LogP contribution in [-0.2, 0) is 11.4 Å². The minimum Gasteiger partial charge on any atom is -0.489 e.